The Hall–Kier alpha value is -2.28. The number of halogens is 1. The molecule has 0 atom stereocenters. The summed E-state index contributed by atoms with van der Waals surface area (Å²) in [5.74, 6) is -0.891. The minimum Gasteiger partial charge on any atom is -0.387 e. The summed E-state index contributed by atoms with van der Waals surface area (Å²) in [6.07, 6.45) is 5.95. The fourth-order valence-electron chi connectivity index (χ4n) is 2.18. The molecule has 7 heteroatoms. The standard InChI is InChI=1S/C15H20FN5O/c16-13-2-1-5-19-14(13)10-21-15(22)11(8-17)9-20-12-3-6-18-7-4-12/h1-2,5,8-9,12,17-18,20H,3-4,6-7,10H2,(H,21,22)/b11-9+,17-8?. The van der Waals surface area contributed by atoms with Gasteiger partial charge in [-0.15, -0.1) is 0 Å². The second-order valence-electron chi connectivity index (χ2n) is 5.05. The maximum absolute atomic E-state index is 13.4. The van der Waals surface area contributed by atoms with Crippen LogP contribution in [-0.2, 0) is 11.3 Å². The summed E-state index contributed by atoms with van der Waals surface area (Å²) in [5.41, 5.74) is 0.376. The van der Waals surface area contributed by atoms with E-state index in [0.717, 1.165) is 32.1 Å². The van der Waals surface area contributed by atoms with Crippen molar-refractivity contribution in [1.29, 1.82) is 5.41 Å². The van der Waals surface area contributed by atoms with E-state index in [-0.39, 0.29) is 17.8 Å². The molecule has 2 heterocycles. The van der Waals surface area contributed by atoms with Crippen LogP contribution in [0.1, 0.15) is 18.5 Å². The van der Waals surface area contributed by atoms with Crippen molar-refractivity contribution in [3.63, 3.8) is 0 Å². The molecule has 2 rings (SSSR count). The lowest BCUT2D eigenvalue weighted by atomic mass is 10.1. The fourth-order valence-corrected chi connectivity index (χ4v) is 2.18. The van der Waals surface area contributed by atoms with Gasteiger partial charge in [-0.25, -0.2) is 4.39 Å². The molecule has 6 nitrogen and oxygen atoms in total. The van der Waals surface area contributed by atoms with Crippen molar-refractivity contribution in [2.24, 2.45) is 0 Å². The first-order valence-corrected chi connectivity index (χ1v) is 7.25. The Labute approximate surface area is 128 Å². The molecule has 1 aliphatic rings. The molecular weight excluding hydrogens is 285 g/mol. The monoisotopic (exact) mass is 305 g/mol. The average molecular weight is 305 g/mol. The first kappa shape index (κ1) is 16.1. The third-order valence-corrected chi connectivity index (χ3v) is 3.48. The van der Waals surface area contributed by atoms with Crippen molar-refractivity contribution >= 4 is 12.1 Å². The van der Waals surface area contributed by atoms with Gasteiger partial charge in [0, 0.05) is 24.7 Å². The summed E-state index contributed by atoms with van der Waals surface area (Å²) >= 11 is 0. The van der Waals surface area contributed by atoms with E-state index in [2.05, 4.69) is 20.9 Å². The van der Waals surface area contributed by atoms with Crippen LogP contribution in [0.25, 0.3) is 0 Å². The number of carbonyl (C=O) groups is 1. The Morgan fingerprint density at radius 1 is 1.50 bits per heavy atom. The Morgan fingerprint density at radius 2 is 2.27 bits per heavy atom. The first-order valence-electron chi connectivity index (χ1n) is 7.25. The number of nitrogens with zero attached hydrogens (tertiary/aromatic N) is 1. The van der Waals surface area contributed by atoms with Gasteiger partial charge in [-0.3, -0.25) is 9.78 Å². The number of nitrogens with one attached hydrogen (secondary N) is 4. The maximum Gasteiger partial charge on any atom is 0.254 e. The molecular formula is C15H20FN5O. The van der Waals surface area contributed by atoms with E-state index in [9.17, 15) is 9.18 Å². The number of aromatic nitrogens is 1. The highest BCUT2D eigenvalue weighted by Gasteiger charge is 2.13. The van der Waals surface area contributed by atoms with Gasteiger partial charge in [0.25, 0.3) is 5.91 Å². The molecule has 0 bridgehead atoms. The zero-order chi connectivity index (χ0) is 15.8. The van der Waals surface area contributed by atoms with Crippen LogP contribution in [0.15, 0.2) is 30.1 Å². The molecule has 1 amide bonds. The van der Waals surface area contributed by atoms with Crippen LogP contribution in [0.2, 0.25) is 0 Å². The van der Waals surface area contributed by atoms with Gasteiger partial charge in [-0.05, 0) is 38.1 Å². The fraction of sp³-hybridized carbons (Fsp3) is 0.400. The molecule has 0 aromatic carbocycles. The number of hydrogen-bond acceptors (Lipinski definition) is 5. The van der Waals surface area contributed by atoms with Gasteiger partial charge in [-0.1, -0.05) is 0 Å². The Balaban J connectivity index is 1.88. The quantitative estimate of drug-likeness (QED) is 0.460. The molecule has 1 saturated heterocycles. The largest absolute Gasteiger partial charge is 0.387 e. The van der Waals surface area contributed by atoms with Crippen LogP contribution >= 0.6 is 0 Å². The van der Waals surface area contributed by atoms with E-state index in [1.807, 2.05) is 0 Å². The minimum atomic E-state index is -0.462. The van der Waals surface area contributed by atoms with E-state index in [4.69, 9.17) is 5.41 Å². The summed E-state index contributed by atoms with van der Waals surface area (Å²) in [6, 6.07) is 3.09. The van der Waals surface area contributed by atoms with E-state index in [1.165, 1.54) is 18.3 Å². The van der Waals surface area contributed by atoms with Gasteiger partial charge in [-0.2, -0.15) is 0 Å². The van der Waals surface area contributed by atoms with E-state index >= 15 is 0 Å². The molecule has 4 N–H and O–H groups in total. The van der Waals surface area contributed by atoms with Gasteiger partial charge < -0.3 is 21.4 Å². The zero-order valence-electron chi connectivity index (χ0n) is 12.2. The predicted molar refractivity (Wildman–Crippen MR) is 81.9 cm³/mol. The molecule has 0 aliphatic carbocycles. The lowest BCUT2D eigenvalue weighted by molar-refractivity contribution is -0.117. The van der Waals surface area contributed by atoms with Gasteiger partial charge in [0.05, 0.1) is 17.8 Å². The number of amides is 1. The molecule has 1 fully saturated rings. The number of pyridine rings is 1. The second-order valence-corrected chi connectivity index (χ2v) is 5.05. The van der Waals surface area contributed by atoms with Gasteiger partial charge in [0.2, 0.25) is 0 Å². The molecule has 22 heavy (non-hydrogen) atoms. The van der Waals surface area contributed by atoms with E-state index in [0.29, 0.717) is 6.04 Å². The smallest absolute Gasteiger partial charge is 0.254 e. The summed E-state index contributed by atoms with van der Waals surface area (Å²) in [6.45, 7) is 1.87. The lowest BCUT2D eigenvalue weighted by Gasteiger charge is -2.23. The van der Waals surface area contributed by atoms with Crippen molar-refractivity contribution in [2.45, 2.75) is 25.4 Å². The van der Waals surface area contributed by atoms with Gasteiger partial charge in [0.1, 0.15) is 5.82 Å². The van der Waals surface area contributed by atoms with Gasteiger partial charge >= 0.3 is 0 Å². The van der Waals surface area contributed by atoms with Crippen LogP contribution in [0.5, 0.6) is 0 Å². The number of carbonyl (C=O) groups excluding carboxylic acids is 1. The SMILES string of the molecule is N=C/C(=C\NC1CCNCC1)C(=O)NCc1ncccc1F. The van der Waals surface area contributed by atoms with Crippen molar-refractivity contribution < 1.29 is 9.18 Å². The highest BCUT2D eigenvalue weighted by molar-refractivity contribution is 6.11. The minimum absolute atomic E-state index is 0.00989. The Morgan fingerprint density at radius 3 is 2.95 bits per heavy atom. The zero-order valence-corrected chi connectivity index (χ0v) is 12.2. The van der Waals surface area contributed by atoms with Crippen molar-refractivity contribution in [3.8, 4) is 0 Å². The van der Waals surface area contributed by atoms with Crippen LogP contribution in [0, 0.1) is 11.2 Å². The second kappa shape index (κ2) is 8.23. The highest BCUT2D eigenvalue weighted by Crippen LogP contribution is 2.04. The molecule has 1 aromatic rings. The lowest BCUT2D eigenvalue weighted by Crippen LogP contribution is -2.38. The molecule has 118 valence electrons. The molecule has 1 aliphatic heterocycles. The van der Waals surface area contributed by atoms with Gasteiger partial charge in [0.15, 0.2) is 0 Å². The van der Waals surface area contributed by atoms with Crippen molar-refractivity contribution in [1.82, 2.24) is 20.9 Å². The highest BCUT2D eigenvalue weighted by atomic mass is 19.1. The van der Waals surface area contributed by atoms with Crippen LogP contribution in [0.3, 0.4) is 0 Å². The van der Waals surface area contributed by atoms with Crippen molar-refractivity contribution in [3.05, 3.63) is 41.6 Å². The van der Waals surface area contributed by atoms with Crippen LogP contribution in [-0.4, -0.2) is 36.2 Å². The number of hydrogen-bond donors (Lipinski definition) is 4. The van der Waals surface area contributed by atoms with Crippen LogP contribution in [0.4, 0.5) is 4.39 Å². The Kier molecular flexibility index (Phi) is 6.02. The predicted octanol–water partition coefficient (Wildman–Crippen LogP) is 0.712. The summed E-state index contributed by atoms with van der Waals surface area (Å²) < 4.78 is 13.4. The molecule has 0 unspecified atom stereocenters. The van der Waals surface area contributed by atoms with E-state index < -0.39 is 11.7 Å². The first-order chi connectivity index (χ1) is 10.7. The topological polar surface area (TPSA) is 89.9 Å². The third kappa shape index (κ3) is 4.63. The normalized spacial score (nSPS) is 16.1. The average Bonchev–Trinajstić information content (AvgIpc) is 2.55. The molecule has 1 aromatic heterocycles. The molecule has 0 saturated carbocycles. The Bertz CT molecular complexity index is 555. The maximum atomic E-state index is 13.4. The number of rotatable bonds is 6. The number of piperidine rings is 1. The van der Waals surface area contributed by atoms with Crippen molar-refractivity contribution in [2.75, 3.05) is 13.1 Å². The summed E-state index contributed by atoms with van der Waals surface area (Å²) in [4.78, 5) is 15.9. The molecule has 0 radical (unpaired) electrons. The van der Waals surface area contributed by atoms with E-state index in [1.54, 1.807) is 6.20 Å². The summed E-state index contributed by atoms with van der Waals surface area (Å²) in [5, 5.41) is 16.3. The molecule has 0 spiro atoms. The van der Waals surface area contributed by atoms with Crippen LogP contribution < -0.4 is 16.0 Å². The summed E-state index contributed by atoms with van der Waals surface area (Å²) in [7, 11) is 0. The third-order valence-electron chi connectivity index (χ3n) is 3.48.